The number of ether oxygens (including phenoxy) is 1. The van der Waals surface area contributed by atoms with Crippen molar-refractivity contribution < 1.29 is 23.1 Å². The van der Waals surface area contributed by atoms with Gasteiger partial charge in [0.05, 0.1) is 17.5 Å². The lowest BCUT2D eigenvalue weighted by Gasteiger charge is -2.10. The van der Waals surface area contributed by atoms with Gasteiger partial charge in [-0.15, -0.1) is 0 Å². The molecular weight excluding hydrogens is 478 g/mol. The number of rotatable bonds is 6. The third-order valence-corrected chi connectivity index (χ3v) is 4.50. The Balaban J connectivity index is 1.62. The van der Waals surface area contributed by atoms with Gasteiger partial charge in [-0.1, -0.05) is 0 Å². The van der Waals surface area contributed by atoms with E-state index in [4.69, 9.17) is 9.15 Å². The highest BCUT2D eigenvalue weighted by Crippen LogP contribution is 2.21. The number of nitrogens with one attached hydrogen (secondary N) is 2. The van der Waals surface area contributed by atoms with Crippen LogP contribution in [-0.4, -0.2) is 18.4 Å². The van der Waals surface area contributed by atoms with Crippen LogP contribution >= 0.6 is 22.6 Å². The number of aryl methyl sites for hydroxylation is 1. The molecule has 8 heteroatoms. The molecule has 0 saturated heterocycles. The van der Waals surface area contributed by atoms with E-state index in [1.54, 1.807) is 19.1 Å². The Hall–Kier alpha value is -2.88. The number of hydrogen-bond donors (Lipinski definition) is 2. The van der Waals surface area contributed by atoms with Gasteiger partial charge in [0.1, 0.15) is 17.3 Å². The summed E-state index contributed by atoms with van der Waals surface area (Å²) in [5, 5.41) is 5.08. The van der Waals surface area contributed by atoms with Crippen molar-refractivity contribution in [3.05, 3.63) is 75.5 Å². The van der Waals surface area contributed by atoms with Gasteiger partial charge in [-0.05, 0) is 78.0 Å². The molecular formula is C20H16FIN2O4. The highest BCUT2D eigenvalue weighted by molar-refractivity contribution is 14.1. The fourth-order valence-electron chi connectivity index (χ4n) is 2.39. The average molecular weight is 494 g/mol. The van der Waals surface area contributed by atoms with Gasteiger partial charge in [0, 0.05) is 9.26 Å². The van der Waals surface area contributed by atoms with Crippen molar-refractivity contribution in [3.8, 4) is 5.75 Å². The molecule has 1 heterocycles. The molecule has 0 saturated carbocycles. The molecule has 0 atom stereocenters. The van der Waals surface area contributed by atoms with Crippen LogP contribution < -0.4 is 15.4 Å². The van der Waals surface area contributed by atoms with Crippen molar-refractivity contribution >= 4 is 45.8 Å². The van der Waals surface area contributed by atoms with Crippen molar-refractivity contribution in [1.29, 1.82) is 0 Å². The number of benzene rings is 2. The first-order valence-corrected chi connectivity index (χ1v) is 9.33. The summed E-state index contributed by atoms with van der Waals surface area (Å²) in [6.45, 7) is 1.43. The smallest absolute Gasteiger partial charge is 0.262 e. The molecule has 6 nitrogen and oxygen atoms in total. The van der Waals surface area contributed by atoms with Crippen LogP contribution in [0.5, 0.6) is 5.75 Å². The minimum Gasteiger partial charge on any atom is -0.484 e. The van der Waals surface area contributed by atoms with Crippen LogP contribution in [0.3, 0.4) is 0 Å². The van der Waals surface area contributed by atoms with Crippen LogP contribution in [-0.2, 0) is 4.79 Å². The summed E-state index contributed by atoms with van der Waals surface area (Å²) in [6.07, 6.45) is 1.38. The van der Waals surface area contributed by atoms with E-state index in [1.165, 1.54) is 24.5 Å². The van der Waals surface area contributed by atoms with E-state index in [9.17, 15) is 14.0 Å². The maximum Gasteiger partial charge on any atom is 0.262 e. The summed E-state index contributed by atoms with van der Waals surface area (Å²) >= 11 is 2.17. The monoisotopic (exact) mass is 494 g/mol. The van der Waals surface area contributed by atoms with Crippen LogP contribution in [0.25, 0.3) is 0 Å². The molecule has 0 unspecified atom stereocenters. The standard InChI is InChI=1S/C20H16FIN2O4/c1-12-16(8-9-27-12)20(26)24-18-10-14(4-7-17(18)21)23-19(25)11-28-15-5-2-13(22)3-6-15/h2-10H,11H2,1H3,(H,23,25)(H,24,26). The minimum atomic E-state index is -0.623. The zero-order chi connectivity index (χ0) is 20.1. The first kappa shape index (κ1) is 19.9. The topological polar surface area (TPSA) is 80.6 Å². The Kier molecular flexibility index (Phi) is 6.30. The maximum absolute atomic E-state index is 14.0. The fraction of sp³-hybridized carbons (Fsp3) is 0.100. The Morgan fingerprint density at radius 1 is 1.11 bits per heavy atom. The average Bonchev–Trinajstić information content (AvgIpc) is 3.10. The minimum absolute atomic E-state index is 0.0537. The normalized spacial score (nSPS) is 10.4. The molecule has 0 bridgehead atoms. The summed E-state index contributed by atoms with van der Waals surface area (Å²) in [6, 6.07) is 12.7. The van der Waals surface area contributed by atoms with Gasteiger partial charge >= 0.3 is 0 Å². The molecule has 3 rings (SSSR count). The molecule has 1 aromatic heterocycles. The van der Waals surface area contributed by atoms with Gasteiger partial charge in [-0.25, -0.2) is 4.39 Å². The van der Waals surface area contributed by atoms with Crippen molar-refractivity contribution in [3.63, 3.8) is 0 Å². The van der Waals surface area contributed by atoms with Crippen LogP contribution in [0.15, 0.2) is 59.2 Å². The lowest BCUT2D eigenvalue weighted by atomic mass is 10.2. The van der Waals surface area contributed by atoms with Crippen molar-refractivity contribution in [2.24, 2.45) is 0 Å². The molecule has 2 aromatic carbocycles. The quantitative estimate of drug-likeness (QED) is 0.491. The van der Waals surface area contributed by atoms with Gasteiger partial charge in [-0.3, -0.25) is 9.59 Å². The third-order valence-electron chi connectivity index (χ3n) is 3.79. The van der Waals surface area contributed by atoms with E-state index in [0.29, 0.717) is 22.8 Å². The van der Waals surface area contributed by atoms with E-state index in [0.717, 1.165) is 9.64 Å². The Morgan fingerprint density at radius 2 is 1.86 bits per heavy atom. The zero-order valence-corrected chi connectivity index (χ0v) is 16.9. The highest BCUT2D eigenvalue weighted by atomic mass is 127. The van der Waals surface area contributed by atoms with Crippen molar-refractivity contribution in [1.82, 2.24) is 0 Å². The molecule has 0 aliphatic heterocycles. The first-order valence-electron chi connectivity index (χ1n) is 8.25. The van der Waals surface area contributed by atoms with Crippen molar-refractivity contribution in [2.45, 2.75) is 6.92 Å². The lowest BCUT2D eigenvalue weighted by molar-refractivity contribution is -0.118. The first-order chi connectivity index (χ1) is 13.4. The number of hydrogen-bond acceptors (Lipinski definition) is 4. The fourth-order valence-corrected chi connectivity index (χ4v) is 2.75. The van der Waals surface area contributed by atoms with Gasteiger partial charge < -0.3 is 19.8 Å². The van der Waals surface area contributed by atoms with E-state index in [1.807, 2.05) is 12.1 Å². The van der Waals surface area contributed by atoms with Gasteiger partial charge in [0.2, 0.25) is 0 Å². The largest absolute Gasteiger partial charge is 0.484 e. The second-order valence-electron chi connectivity index (χ2n) is 5.83. The summed E-state index contributed by atoms with van der Waals surface area (Å²) in [5.74, 6) is -0.542. The predicted molar refractivity (Wildman–Crippen MR) is 111 cm³/mol. The number of halogens is 2. The number of carbonyl (C=O) groups is 2. The molecule has 144 valence electrons. The van der Waals surface area contributed by atoms with E-state index >= 15 is 0 Å². The second-order valence-corrected chi connectivity index (χ2v) is 7.08. The van der Waals surface area contributed by atoms with Gasteiger partial charge in [-0.2, -0.15) is 0 Å². The van der Waals surface area contributed by atoms with Crippen molar-refractivity contribution in [2.75, 3.05) is 17.2 Å². The summed E-state index contributed by atoms with van der Waals surface area (Å²) < 4.78 is 25.6. The van der Waals surface area contributed by atoms with E-state index in [-0.39, 0.29) is 12.3 Å². The highest BCUT2D eigenvalue weighted by Gasteiger charge is 2.14. The molecule has 2 N–H and O–H groups in total. The second kappa shape index (κ2) is 8.87. The Bertz CT molecular complexity index is 1000. The molecule has 0 spiro atoms. The predicted octanol–water partition coefficient (Wildman–Crippen LogP) is 4.60. The zero-order valence-electron chi connectivity index (χ0n) is 14.8. The number of anilines is 2. The molecule has 0 aliphatic carbocycles. The van der Waals surface area contributed by atoms with Crippen LogP contribution in [0.2, 0.25) is 0 Å². The van der Waals surface area contributed by atoms with E-state index < -0.39 is 17.6 Å². The Morgan fingerprint density at radius 3 is 2.54 bits per heavy atom. The SMILES string of the molecule is Cc1occc1C(=O)Nc1cc(NC(=O)COc2ccc(I)cc2)ccc1F. The molecule has 0 radical (unpaired) electrons. The molecule has 3 aromatic rings. The maximum atomic E-state index is 14.0. The number of furan rings is 1. The third kappa shape index (κ3) is 5.10. The molecule has 0 fully saturated rings. The van der Waals surface area contributed by atoms with Crippen LogP contribution in [0.1, 0.15) is 16.1 Å². The van der Waals surface area contributed by atoms with Crippen LogP contribution in [0.4, 0.5) is 15.8 Å². The summed E-state index contributed by atoms with van der Waals surface area (Å²) in [4.78, 5) is 24.3. The molecule has 0 aliphatic rings. The van der Waals surface area contributed by atoms with Crippen LogP contribution in [0, 0.1) is 16.3 Å². The Labute approximate surface area is 174 Å². The molecule has 28 heavy (non-hydrogen) atoms. The van der Waals surface area contributed by atoms with E-state index in [2.05, 4.69) is 33.2 Å². The van der Waals surface area contributed by atoms with Gasteiger partial charge in [0.25, 0.3) is 11.8 Å². The summed E-state index contributed by atoms with van der Waals surface area (Å²) in [7, 11) is 0. The molecule has 2 amide bonds. The lowest BCUT2D eigenvalue weighted by Crippen LogP contribution is -2.20. The number of carbonyl (C=O) groups excluding carboxylic acids is 2. The number of amides is 2. The van der Waals surface area contributed by atoms with Gasteiger partial charge in [0.15, 0.2) is 6.61 Å². The summed E-state index contributed by atoms with van der Waals surface area (Å²) in [5.41, 5.74) is 0.582.